The number of halogens is 2. The quantitative estimate of drug-likeness (QED) is 0.828. The lowest BCUT2D eigenvalue weighted by atomic mass is 10.1. The van der Waals surface area contributed by atoms with Crippen molar-refractivity contribution in [3.63, 3.8) is 0 Å². The van der Waals surface area contributed by atoms with Crippen LogP contribution >= 0.6 is 15.9 Å². The molecular weight excluding hydrogens is 311 g/mol. The summed E-state index contributed by atoms with van der Waals surface area (Å²) in [5.74, 6) is -0.883. The van der Waals surface area contributed by atoms with Gasteiger partial charge in [-0.3, -0.25) is 4.79 Å². The van der Waals surface area contributed by atoms with Crippen LogP contribution in [0.2, 0.25) is 0 Å². The summed E-state index contributed by atoms with van der Waals surface area (Å²) in [6, 6.07) is 9.32. The SMILES string of the molecule is Cc1cc(Br)ccc1C(=O)Nc1cc(N)ccc1F. The number of anilines is 2. The standard InChI is InChI=1S/C14H12BrFN2O/c1-8-6-9(15)2-4-11(8)14(19)18-13-7-10(17)3-5-12(13)16/h2-7H,17H2,1H3,(H,18,19). The van der Waals surface area contributed by atoms with Gasteiger partial charge in [-0.15, -0.1) is 0 Å². The van der Waals surface area contributed by atoms with Crippen molar-refractivity contribution < 1.29 is 9.18 Å². The van der Waals surface area contributed by atoms with Crippen LogP contribution in [0.15, 0.2) is 40.9 Å². The second-order valence-corrected chi connectivity index (χ2v) is 5.07. The summed E-state index contributed by atoms with van der Waals surface area (Å²) >= 11 is 3.33. The molecule has 0 aliphatic rings. The van der Waals surface area contributed by atoms with Gasteiger partial charge in [0, 0.05) is 15.7 Å². The molecule has 0 heterocycles. The van der Waals surface area contributed by atoms with Crippen molar-refractivity contribution >= 4 is 33.2 Å². The number of nitrogens with two attached hydrogens (primary N) is 1. The fourth-order valence-corrected chi connectivity index (χ4v) is 2.19. The van der Waals surface area contributed by atoms with Crippen LogP contribution in [0.5, 0.6) is 0 Å². The van der Waals surface area contributed by atoms with Gasteiger partial charge in [-0.05, 0) is 48.9 Å². The van der Waals surface area contributed by atoms with E-state index in [2.05, 4.69) is 21.2 Å². The highest BCUT2D eigenvalue weighted by molar-refractivity contribution is 9.10. The Morgan fingerprint density at radius 3 is 2.68 bits per heavy atom. The van der Waals surface area contributed by atoms with E-state index in [1.165, 1.54) is 18.2 Å². The second kappa shape index (κ2) is 5.40. The fraction of sp³-hybridized carbons (Fsp3) is 0.0714. The average molecular weight is 323 g/mol. The molecule has 0 aliphatic heterocycles. The van der Waals surface area contributed by atoms with E-state index in [1.54, 1.807) is 12.1 Å². The van der Waals surface area contributed by atoms with Crippen LogP contribution in [0, 0.1) is 12.7 Å². The predicted octanol–water partition coefficient (Wildman–Crippen LogP) is 3.73. The first kappa shape index (κ1) is 13.5. The number of rotatable bonds is 2. The molecule has 5 heteroatoms. The summed E-state index contributed by atoms with van der Waals surface area (Å²) in [5.41, 5.74) is 7.33. The van der Waals surface area contributed by atoms with Crippen LogP contribution in [0.25, 0.3) is 0 Å². The van der Waals surface area contributed by atoms with Crippen LogP contribution in [-0.2, 0) is 0 Å². The summed E-state index contributed by atoms with van der Waals surface area (Å²) in [6.45, 7) is 1.81. The molecule has 98 valence electrons. The smallest absolute Gasteiger partial charge is 0.256 e. The Morgan fingerprint density at radius 1 is 1.26 bits per heavy atom. The van der Waals surface area contributed by atoms with E-state index >= 15 is 0 Å². The van der Waals surface area contributed by atoms with Crippen LogP contribution in [0.1, 0.15) is 15.9 Å². The first-order valence-corrected chi connectivity index (χ1v) is 6.39. The largest absolute Gasteiger partial charge is 0.399 e. The highest BCUT2D eigenvalue weighted by atomic mass is 79.9. The molecule has 0 saturated carbocycles. The fourth-order valence-electron chi connectivity index (χ4n) is 1.71. The van der Waals surface area contributed by atoms with Gasteiger partial charge in [-0.2, -0.15) is 0 Å². The predicted molar refractivity (Wildman–Crippen MR) is 77.6 cm³/mol. The summed E-state index contributed by atoms with van der Waals surface area (Å²) in [4.78, 5) is 12.1. The van der Waals surface area contributed by atoms with Gasteiger partial charge in [0.05, 0.1) is 5.69 Å². The summed E-state index contributed by atoms with van der Waals surface area (Å²) in [5, 5.41) is 2.52. The van der Waals surface area contributed by atoms with Gasteiger partial charge in [-0.1, -0.05) is 15.9 Å². The third-order valence-corrected chi connectivity index (χ3v) is 3.16. The van der Waals surface area contributed by atoms with Crippen molar-refractivity contribution in [1.82, 2.24) is 0 Å². The molecule has 1 amide bonds. The van der Waals surface area contributed by atoms with E-state index in [4.69, 9.17) is 5.73 Å². The number of carbonyl (C=O) groups is 1. The number of carbonyl (C=O) groups excluding carboxylic acids is 1. The number of benzene rings is 2. The van der Waals surface area contributed by atoms with E-state index in [0.717, 1.165) is 10.0 Å². The van der Waals surface area contributed by atoms with Crippen LogP contribution in [0.4, 0.5) is 15.8 Å². The summed E-state index contributed by atoms with van der Waals surface area (Å²) in [7, 11) is 0. The molecule has 3 nitrogen and oxygen atoms in total. The molecule has 0 aliphatic carbocycles. The molecule has 0 atom stereocenters. The lowest BCUT2D eigenvalue weighted by Gasteiger charge is -2.09. The van der Waals surface area contributed by atoms with Gasteiger partial charge in [-0.25, -0.2) is 4.39 Å². The maximum absolute atomic E-state index is 13.5. The normalized spacial score (nSPS) is 10.3. The number of hydrogen-bond donors (Lipinski definition) is 2. The van der Waals surface area contributed by atoms with E-state index in [0.29, 0.717) is 11.3 Å². The maximum atomic E-state index is 13.5. The Morgan fingerprint density at radius 2 is 2.00 bits per heavy atom. The monoisotopic (exact) mass is 322 g/mol. The summed E-state index contributed by atoms with van der Waals surface area (Å²) < 4.78 is 14.4. The zero-order chi connectivity index (χ0) is 14.0. The molecule has 0 bridgehead atoms. The number of hydrogen-bond acceptors (Lipinski definition) is 2. The molecule has 2 aromatic rings. The van der Waals surface area contributed by atoms with Gasteiger partial charge in [0.2, 0.25) is 0 Å². The third kappa shape index (κ3) is 3.12. The lowest BCUT2D eigenvalue weighted by Crippen LogP contribution is -2.14. The minimum Gasteiger partial charge on any atom is -0.399 e. The van der Waals surface area contributed by atoms with Crippen molar-refractivity contribution in [3.8, 4) is 0 Å². The van der Waals surface area contributed by atoms with Crippen molar-refractivity contribution in [1.29, 1.82) is 0 Å². The first-order chi connectivity index (χ1) is 8.97. The Bertz CT molecular complexity index is 643. The minimum atomic E-state index is -0.516. The molecule has 2 rings (SSSR count). The van der Waals surface area contributed by atoms with Crippen LogP contribution < -0.4 is 11.1 Å². The zero-order valence-electron chi connectivity index (χ0n) is 10.2. The van der Waals surface area contributed by atoms with Crippen molar-refractivity contribution in [2.75, 3.05) is 11.1 Å². The Kier molecular flexibility index (Phi) is 3.85. The zero-order valence-corrected chi connectivity index (χ0v) is 11.8. The van der Waals surface area contributed by atoms with Crippen LogP contribution in [-0.4, -0.2) is 5.91 Å². The van der Waals surface area contributed by atoms with Gasteiger partial charge in [0.1, 0.15) is 5.82 Å². The topological polar surface area (TPSA) is 55.1 Å². The van der Waals surface area contributed by atoms with E-state index in [-0.39, 0.29) is 11.6 Å². The van der Waals surface area contributed by atoms with Crippen molar-refractivity contribution in [2.24, 2.45) is 0 Å². The lowest BCUT2D eigenvalue weighted by molar-refractivity contribution is 0.102. The van der Waals surface area contributed by atoms with Gasteiger partial charge in [0.15, 0.2) is 0 Å². The molecule has 0 radical (unpaired) electrons. The average Bonchev–Trinajstić information content (AvgIpc) is 2.33. The molecular formula is C14H12BrFN2O. The highest BCUT2D eigenvalue weighted by Gasteiger charge is 2.12. The summed E-state index contributed by atoms with van der Waals surface area (Å²) in [6.07, 6.45) is 0. The Balaban J connectivity index is 2.28. The Labute approximate surface area is 118 Å². The molecule has 2 aromatic carbocycles. The molecule has 0 aromatic heterocycles. The van der Waals surface area contributed by atoms with Gasteiger partial charge >= 0.3 is 0 Å². The number of aryl methyl sites for hydroxylation is 1. The van der Waals surface area contributed by atoms with E-state index in [1.807, 2.05) is 13.0 Å². The molecule has 0 saturated heterocycles. The third-order valence-electron chi connectivity index (χ3n) is 2.67. The maximum Gasteiger partial charge on any atom is 0.256 e. The molecule has 0 spiro atoms. The van der Waals surface area contributed by atoms with Crippen LogP contribution in [0.3, 0.4) is 0 Å². The second-order valence-electron chi connectivity index (χ2n) is 4.15. The Hall–Kier alpha value is -1.88. The van der Waals surface area contributed by atoms with Crippen molar-refractivity contribution in [2.45, 2.75) is 6.92 Å². The van der Waals surface area contributed by atoms with E-state index < -0.39 is 5.82 Å². The molecule has 0 unspecified atom stereocenters. The van der Waals surface area contributed by atoms with E-state index in [9.17, 15) is 9.18 Å². The first-order valence-electron chi connectivity index (χ1n) is 5.60. The molecule has 3 N–H and O–H groups in total. The number of nitrogens with one attached hydrogen (secondary N) is 1. The van der Waals surface area contributed by atoms with Gasteiger partial charge in [0.25, 0.3) is 5.91 Å². The number of amides is 1. The number of nitrogen functional groups attached to an aromatic ring is 1. The van der Waals surface area contributed by atoms with Crippen molar-refractivity contribution in [3.05, 3.63) is 57.8 Å². The minimum absolute atomic E-state index is 0.0762. The van der Waals surface area contributed by atoms with Gasteiger partial charge < -0.3 is 11.1 Å². The molecule has 19 heavy (non-hydrogen) atoms. The molecule has 0 fully saturated rings. The highest BCUT2D eigenvalue weighted by Crippen LogP contribution is 2.20.